The first-order valence-corrected chi connectivity index (χ1v) is 6.01. The Balaban J connectivity index is 0.000000360. The van der Waals surface area contributed by atoms with Gasteiger partial charge in [-0.25, -0.2) is 4.79 Å². The molecule has 1 aliphatic rings. The molecule has 104 valence electrons. The zero-order valence-electron chi connectivity index (χ0n) is 11.8. The summed E-state index contributed by atoms with van der Waals surface area (Å²) >= 11 is 0. The summed E-state index contributed by atoms with van der Waals surface area (Å²) in [6.45, 7) is 10.5. The van der Waals surface area contributed by atoms with Gasteiger partial charge in [0.25, 0.3) is 6.47 Å². The highest BCUT2D eigenvalue weighted by Gasteiger charge is 2.15. The fourth-order valence-corrected chi connectivity index (χ4v) is 1.07. The predicted octanol–water partition coefficient (Wildman–Crippen LogP) is 1.77. The van der Waals surface area contributed by atoms with Gasteiger partial charge in [0.05, 0.1) is 11.7 Å². The Morgan fingerprint density at radius 1 is 1.44 bits per heavy atom. The zero-order valence-corrected chi connectivity index (χ0v) is 11.8. The molecule has 0 radical (unpaired) electrons. The Morgan fingerprint density at radius 2 is 2.06 bits per heavy atom. The minimum absolute atomic E-state index is 0.0241. The normalized spacial score (nSPS) is 14.0. The second-order valence-electron chi connectivity index (χ2n) is 5.15. The van der Waals surface area contributed by atoms with E-state index in [4.69, 9.17) is 4.74 Å². The molecule has 0 fully saturated rings. The van der Waals surface area contributed by atoms with Gasteiger partial charge < -0.3 is 14.8 Å². The average molecular weight is 257 g/mol. The number of carbonyl (C=O) groups is 2. The van der Waals surface area contributed by atoms with Gasteiger partial charge in [-0.05, 0) is 41.0 Å². The topological polar surface area (TPSA) is 64.6 Å². The highest BCUT2D eigenvalue weighted by Crippen LogP contribution is 2.08. The van der Waals surface area contributed by atoms with Crippen molar-refractivity contribution in [3.8, 4) is 0 Å². The van der Waals surface area contributed by atoms with E-state index in [-0.39, 0.29) is 17.7 Å². The Hall–Kier alpha value is -1.52. The van der Waals surface area contributed by atoms with Crippen molar-refractivity contribution in [2.24, 2.45) is 0 Å². The van der Waals surface area contributed by atoms with Crippen LogP contribution >= 0.6 is 0 Å². The smallest absolute Gasteiger partial charge is 0.335 e. The molecule has 1 rings (SSSR count). The predicted molar refractivity (Wildman–Crippen MR) is 68.8 cm³/mol. The second kappa shape index (κ2) is 7.74. The molecular formula is C13H23NO4. The molecule has 1 aliphatic heterocycles. The van der Waals surface area contributed by atoms with Crippen molar-refractivity contribution in [1.82, 2.24) is 5.32 Å². The number of hydrogen-bond acceptors (Lipinski definition) is 5. The molecule has 0 unspecified atom stereocenters. The van der Waals surface area contributed by atoms with Gasteiger partial charge in [-0.2, -0.15) is 0 Å². The van der Waals surface area contributed by atoms with E-state index in [2.05, 4.69) is 10.1 Å². The fourth-order valence-electron chi connectivity index (χ4n) is 1.07. The van der Waals surface area contributed by atoms with E-state index in [1.54, 1.807) is 6.20 Å². The van der Waals surface area contributed by atoms with Crippen molar-refractivity contribution in [1.29, 1.82) is 0 Å². The second-order valence-corrected chi connectivity index (χ2v) is 5.15. The average Bonchev–Trinajstić information content (AvgIpc) is 2.67. The third kappa shape index (κ3) is 8.61. The Labute approximate surface area is 109 Å². The molecule has 0 aromatic heterocycles. The first kappa shape index (κ1) is 16.5. The molecule has 1 N–H and O–H groups in total. The number of esters is 1. The highest BCUT2D eigenvalue weighted by atomic mass is 16.5. The lowest BCUT2D eigenvalue weighted by molar-refractivity contribution is -0.142. The molecule has 0 bridgehead atoms. The van der Waals surface area contributed by atoms with Crippen LogP contribution in [0.15, 0.2) is 11.8 Å². The molecule has 0 aromatic rings. The van der Waals surface area contributed by atoms with Gasteiger partial charge in [0, 0.05) is 12.7 Å². The van der Waals surface area contributed by atoms with Crippen molar-refractivity contribution in [3.63, 3.8) is 0 Å². The molecule has 1 heterocycles. The number of rotatable bonds is 3. The van der Waals surface area contributed by atoms with Crippen LogP contribution in [0.25, 0.3) is 0 Å². The fraction of sp³-hybridized carbons (Fsp3) is 0.692. The standard InChI is InChI=1S/C8H13NO2.C5H10O2/c1-6(2)11-8(10)7-3-4-9-5-7;1-5(2,3)7-4-6/h5-6,9H,3-4H2,1-2H3;4H,1-3H3. The largest absolute Gasteiger partial charge is 0.462 e. The summed E-state index contributed by atoms with van der Waals surface area (Å²) in [6.07, 6.45) is 2.49. The molecule has 0 amide bonds. The van der Waals surface area contributed by atoms with E-state index < -0.39 is 0 Å². The number of hydrogen-bond donors (Lipinski definition) is 1. The van der Waals surface area contributed by atoms with Crippen LogP contribution in [0.2, 0.25) is 0 Å². The van der Waals surface area contributed by atoms with E-state index in [0.717, 1.165) is 18.5 Å². The third-order valence-corrected chi connectivity index (χ3v) is 1.82. The van der Waals surface area contributed by atoms with Gasteiger partial charge in [-0.3, -0.25) is 4.79 Å². The summed E-state index contributed by atoms with van der Waals surface area (Å²) in [4.78, 5) is 20.7. The summed E-state index contributed by atoms with van der Waals surface area (Å²) in [6, 6.07) is 0. The number of carbonyl (C=O) groups excluding carboxylic acids is 2. The van der Waals surface area contributed by atoms with Crippen molar-refractivity contribution in [2.75, 3.05) is 6.54 Å². The third-order valence-electron chi connectivity index (χ3n) is 1.82. The first-order valence-electron chi connectivity index (χ1n) is 6.01. The Morgan fingerprint density at radius 3 is 2.33 bits per heavy atom. The van der Waals surface area contributed by atoms with Crippen molar-refractivity contribution >= 4 is 12.4 Å². The van der Waals surface area contributed by atoms with Gasteiger partial charge in [0.1, 0.15) is 5.60 Å². The van der Waals surface area contributed by atoms with E-state index in [1.165, 1.54) is 0 Å². The zero-order chi connectivity index (χ0) is 14.2. The number of nitrogens with one attached hydrogen (secondary N) is 1. The molecule has 0 aromatic carbocycles. The molecule has 5 nitrogen and oxygen atoms in total. The number of ether oxygens (including phenoxy) is 2. The van der Waals surface area contributed by atoms with E-state index in [1.807, 2.05) is 34.6 Å². The summed E-state index contributed by atoms with van der Waals surface area (Å²) in [7, 11) is 0. The minimum atomic E-state index is -0.318. The molecule has 0 spiro atoms. The van der Waals surface area contributed by atoms with E-state index in [9.17, 15) is 9.59 Å². The monoisotopic (exact) mass is 257 g/mol. The van der Waals surface area contributed by atoms with Gasteiger partial charge in [0.15, 0.2) is 0 Å². The van der Waals surface area contributed by atoms with Crippen molar-refractivity contribution in [3.05, 3.63) is 11.8 Å². The summed E-state index contributed by atoms with van der Waals surface area (Å²) < 4.78 is 9.54. The minimum Gasteiger partial charge on any atom is -0.462 e. The van der Waals surface area contributed by atoms with Crippen LogP contribution in [-0.2, 0) is 19.1 Å². The van der Waals surface area contributed by atoms with Crippen LogP contribution in [0.4, 0.5) is 0 Å². The van der Waals surface area contributed by atoms with Crippen molar-refractivity contribution in [2.45, 2.75) is 52.7 Å². The maximum absolute atomic E-state index is 11.1. The van der Waals surface area contributed by atoms with Crippen LogP contribution in [0, 0.1) is 0 Å². The molecule has 0 atom stereocenters. The lowest BCUT2D eigenvalue weighted by Gasteiger charge is -2.14. The molecular weight excluding hydrogens is 234 g/mol. The van der Waals surface area contributed by atoms with Gasteiger partial charge in [0.2, 0.25) is 0 Å². The molecule has 5 heteroatoms. The summed E-state index contributed by atoms with van der Waals surface area (Å²) in [5, 5.41) is 2.96. The Bertz CT molecular complexity index is 303. The SMILES string of the molecule is CC(C)(C)OC=O.CC(C)OC(=O)C1=CNCC1. The maximum atomic E-state index is 11.1. The van der Waals surface area contributed by atoms with Crippen molar-refractivity contribution < 1.29 is 19.1 Å². The lowest BCUT2D eigenvalue weighted by Crippen LogP contribution is -2.17. The van der Waals surface area contributed by atoms with E-state index in [0.29, 0.717) is 6.47 Å². The highest BCUT2D eigenvalue weighted by molar-refractivity contribution is 5.88. The lowest BCUT2D eigenvalue weighted by atomic mass is 10.2. The maximum Gasteiger partial charge on any atom is 0.335 e. The van der Waals surface area contributed by atoms with Crippen LogP contribution in [0.1, 0.15) is 41.0 Å². The van der Waals surface area contributed by atoms with Gasteiger partial charge >= 0.3 is 5.97 Å². The van der Waals surface area contributed by atoms with Crippen LogP contribution < -0.4 is 5.32 Å². The molecule has 0 saturated carbocycles. The van der Waals surface area contributed by atoms with E-state index >= 15 is 0 Å². The summed E-state index contributed by atoms with van der Waals surface area (Å²) in [5.74, 6) is -0.190. The van der Waals surface area contributed by atoms with Gasteiger partial charge in [-0.1, -0.05) is 0 Å². The first-order chi connectivity index (χ1) is 8.26. The Kier molecular flexibility index (Phi) is 7.08. The quantitative estimate of drug-likeness (QED) is 0.616. The van der Waals surface area contributed by atoms with Crippen LogP contribution in [-0.4, -0.2) is 30.7 Å². The molecule has 0 aliphatic carbocycles. The van der Waals surface area contributed by atoms with Crippen LogP contribution in [0.5, 0.6) is 0 Å². The molecule has 18 heavy (non-hydrogen) atoms. The summed E-state index contributed by atoms with van der Waals surface area (Å²) in [5.41, 5.74) is 0.431. The van der Waals surface area contributed by atoms with Gasteiger partial charge in [-0.15, -0.1) is 0 Å². The van der Waals surface area contributed by atoms with Crippen LogP contribution in [0.3, 0.4) is 0 Å². The molecule has 0 saturated heterocycles.